The summed E-state index contributed by atoms with van der Waals surface area (Å²) < 4.78 is 15.2. The van der Waals surface area contributed by atoms with Gasteiger partial charge in [-0.05, 0) is 49.8 Å². The lowest BCUT2D eigenvalue weighted by molar-refractivity contribution is 0.171. The SMILES string of the molecule is N#Cc1ncc(-c2ccc(-c3ncc(N(C4CC4)[C@H]4C[C@@H]5CC[C@@H](N5)[C@H]4F)nn3)c(O)c2)s1. The van der Waals surface area contributed by atoms with E-state index >= 15 is 4.39 Å². The zero-order valence-electron chi connectivity index (χ0n) is 17.7. The van der Waals surface area contributed by atoms with Crippen LogP contribution < -0.4 is 10.2 Å². The van der Waals surface area contributed by atoms with Crippen molar-refractivity contribution in [1.29, 1.82) is 5.26 Å². The van der Waals surface area contributed by atoms with Crippen molar-refractivity contribution in [2.45, 2.75) is 62.4 Å². The summed E-state index contributed by atoms with van der Waals surface area (Å²) in [7, 11) is 0. The Labute approximate surface area is 194 Å². The number of hydrogen-bond donors (Lipinski definition) is 2. The van der Waals surface area contributed by atoms with E-state index in [1.807, 2.05) is 12.1 Å². The standard InChI is InChI=1S/C23H22FN7OS/c24-22-16-6-2-13(28-16)8-17(22)31(14-3-4-14)20-11-27-23(30-29-20)15-5-1-12(7-18(15)32)19-10-26-21(9-25)33-19/h1,5,7,10-11,13-14,16-17,22,28,32H,2-4,6,8H2/t13-,16+,17-,22+/m0/s1. The Morgan fingerprint density at radius 3 is 2.73 bits per heavy atom. The van der Waals surface area contributed by atoms with E-state index in [1.165, 1.54) is 11.3 Å². The molecule has 3 aliphatic rings. The quantitative estimate of drug-likeness (QED) is 0.592. The number of aromatic hydroxyl groups is 1. The summed E-state index contributed by atoms with van der Waals surface area (Å²) in [6.45, 7) is 0. The summed E-state index contributed by atoms with van der Waals surface area (Å²) in [5.74, 6) is 0.925. The molecule has 2 aromatic heterocycles. The van der Waals surface area contributed by atoms with Gasteiger partial charge in [0.05, 0.1) is 22.7 Å². The Morgan fingerprint density at radius 2 is 2.03 bits per heavy atom. The number of hydrogen-bond acceptors (Lipinski definition) is 9. The van der Waals surface area contributed by atoms with Gasteiger partial charge in [-0.25, -0.2) is 14.4 Å². The topological polar surface area (TPSA) is 111 Å². The van der Waals surface area contributed by atoms with Crippen LogP contribution in [0.1, 0.15) is 37.1 Å². The van der Waals surface area contributed by atoms with Crippen LogP contribution in [-0.4, -0.2) is 55.6 Å². The first-order chi connectivity index (χ1) is 16.1. The number of phenolic OH excluding ortho intramolecular Hbond substituents is 1. The average Bonchev–Trinajstić information content (AvgIpc) is 3.39. The monoisotopic (exact) mass is 463 g/mol. The summed E-state index contributed by atoms with van der Waals surface area (Å²) in [6.07, 6.45) is 7.07. The number of nitrogens with zero attached hydrogens (tertiary/aromatic N) is 6. The fraction of sp³-hybridized carbons (Fsp3) is 0.435. The van der Waals surface area contributed by atoms with Gasteiger partial charge in [-0.15, -0.1) is 21.5 Å². The number of halogens is 1. The molecule has 3 fully saturated rings. The van der Waals surface area contributed by atoms with Crippen molar-refractivity contribution in [1.82, 2.24) is 25.5 Å². The summed E-state index contributed by atoms with van der Waals surface area (Å²) >= 11 is 1.26. The number of phenols is 1. The normalized spacial score (nSPS) is 26.2. The van der Waals surface area contributed by atoms with Gasteiger partial charge < -0.3 is 15.3 Å². The molecule has 2 saturated heterocycles. The molecule has 2 bridgehead atoms. The second-order valence-electron chi connectivity index (χ2n) is 8.95. The van der Waals surface area contributed by atoms with Crippen LogP contribution in [0.15, 0.2) is 30.6 Å². The molecule has 0 radical (unpaired) electrons. The highest BCUT2D eigenvalue weighted by Gasteiger charge is 2.48. The van der Waals surface area contributed by atoms with Crippen molar-refractivity contribution in [3.05, 3.63) is 35.6 Å². The van der Waals surface area contributed by atoms with Gasteiger partial charge in [0.25, 0.3) is 0 Å². The lowest BCUT2D eigenvalue weighted by Gasteiger charge is -2.40. The van der Waals surface area contributed by atoms with E-state index in [0.29, 0.717) is 28.3 Å². The number of alkyl halides is 1. The summed E-state index contributed by atoms with van der Waals surface area (Å²) in [5, 5.41) is 32.0. The highest BCUT2D eigenvalue weighted by Crippen LogP contribution is 2.40. The van der Waals surface area contributed by atoms with E-state index in [9.17, 15) is 5.11 Å². The maximum atomic E-state index is 15.2. The molecule has 4 heterocycles. The van der Waals surface area contributed by atoms with Gasteiger partial charge in [-0.2, -0.15) is 5.26 Å². The number of piperidine rings is 1. The lowest BCUT2D eigenvalue weighted by Crippen LogP contribution is -2.57. The van der Waals surface area contributed by atoms with Crippen LogP contribution in [-0.2, 0) is 0 Å². The molecule has 4 atom stereocenters. The minimum absolute atomic E-state index is 0.0201. The molecular formula is C23H22FN7OS. The van der Waals surface area contributed by atoms with Gasteiger partial charge in [0.2, 0.25) is 0 Å². The number of benzene rings is 1. The molecule has 1 aliphatic carbocycles. The van der Waals surface area contributed by atoms with E-state index in [2.05, 4.69) is 30.4 Å². The fourth-order valence-corrected chi connectivity index (χ4v) is 5.78. The third-order valence-corrected chi connectivity index (χ3v) is 7.74. The molecular weight excluding hydrogens is 441 g/mol. The van der Waals surface area contributed by atoms with Crippen LogP contribution in [0.25, 0.3) is 21.8 Å². The molecule has 0 amide bonds. The molecule has 8 nitrogen and oxygen atoms in total. The summed E-state index contributed by atoms with van der Waals surface area (Å²) in [4.78, 5) is 11.4. The highest BCUT2D eigenvalue weighted by atomic mass is 32.1. The smallest absolute Gasteiger partial charge is 0.194 e. The first-order valence-corrected chi connectivity index (χ1v) is 12.0. The number of nitriles is 1. The Bertz CT molecular complexity index is 1220. The van der Waals surface area contributed by atoms with Crippen LogP contribution >= 0.6 is 11.3 Å². The van der Waals surface area contributed by atoms with Crippen LogP contribution in [0.2, 0.25) is 0 Å². The summed E-state index contributed by atoms with van der Waals surface area (Å²) in [6, 6.07) is 7.56. The Balaban J connectivity index is 1.26. The summed E-state index contributed by atoms with van der Waals surface area (Å²) in [5.41, 5.74) is 1.22. The first-order valence-electron chi connectivity index (χ1n) is 11.2. The minimum atomic E-state index is -0.935. The van der Waals surface area contributed by atoms with E-state index in [-0.39, 0.29) is 23.9 Å². The Kier molecular flexibility index (Phi) is 4.96. The van der Waals surface area contributed by atoms with Crippen LogP contribution in [0.3, 0.4) is 0 Å². The van der Waals surface area contributed by atoms with Gasteiger partial charge in [0.15, 0.2) is 16.6 Å². The second-order valence-corrected chi connectivity index (χ2v) is 9.98. The molecule has 6 rings (SSSR count). The maximum absolute atomic E-state index is 15.2. The third-order valence-electron chi connectivity index (χ3n) is 6.79. The predicted octanol–water partition coefficient (Wildman–Crippen LogP) is 3.44. The van der Waals surface area contributed by atoms with Gasteiger partial charge in [-0.3, -0.25) is 0 Å². The number of rotatable bonds is 5. The fourth-order valence-electron chi connectivity index (χ4n) is 5.07. The molecule has 2 aliphatic heterocycles. The van der Waals surface area contributed by atoms with Crippen LogP contribution in [0, 0.1) is 11.3 Å². The lowest BCUT2D eigenvalue weighted by atomic mass is 9.96. The zero-order chi connectivity index (χ0) is 22.5. The number of aromatic nitrogens is 4. The van der Waals surface area contributed by atoms with E-state index in [0.717, 1.165) is 42.5 Å². The van der Waals surface area contributed by atoms with Crippen molar-refractivity contribution in [2.24, 2.45) is 0 Å². The maximum Gasteiger partial charge on any atom is 0.194 e. The Morgan fingerprint density at radius 1 is 1.15 bits per heavy atom. The average molecular weight is 464 g/mol. The third kappa shape index (κ3) is 3.71. The van der Waals surface area contributed by atoms with Crippen LogP contribution in [0.5, 0.6) is 5.75 Å². The van der Waals surface area contributed by atoms with E-state index in [4.69, 9.17) is 5.26 Å². The molecule has 168 valence electrons. The first kappa shape index (κ1) is 20.4. The van der Waals surface area contributed by atoms with Gasteiger partial charge in [-0.1, -0.05) is 6.07 Å². The van der Waals surface area contributed by atoms with E-state index in [1.54, 1.807) is 24.5 Å². The highest BCUT2D eigenvalue weighted by molar-refractivity contribution is 7.15. The van der Waals surface area contributed by atoms with E-state index < -0.39 is 6.17 Å². The van der Waals surface area contributed by atoms with Crippen LogP contribution in [0.4, 0.5) is 10.2 Å². The Hall–Kier alpha value is -3.16. The predicted molar refractivity (Wildman–Crippen MR) is 121 cm³/mol. The molecule has 33 heavy (non-hydrogen) atoms. The van der Waals surface area contributed by atoms with Crippen molar-refractivity contribution >= 4 is 17.2 Å². The van der Waals surface area contributed by atoms with Crippen molar-refractivity contribution in [3.63, 3.8) is 0 Å². The molecule has 0 unspecified atom stereocenters. The zero-order valence-corrected chi connectivity index (χ0v) is 18.5. The van der Waals surface area contributed by atoms with Gasteiger partial charge >= 0.3 is 0 Å². The largest absolute Gasteiger partial charge is 0.507 e. The second kappa shape index (κ2) is 8.01. The van der Waals surface area contributed by atoms with Gasteiger partial charge in [0, 0.05) is 24.3 Å². The number of thiazole rings is 1. The van der Waals surface area contributed by atoms with Gasteiger partial charge in [0.1, 0.15) is 18.0 Å². The van der Waals surface area contributed by atoms with Crippen molar-refractivity contribution in [2.75, 3.05) is 4.90 Å². The minimum Gasteiger partial charge on any atom is -0.507 e. The molecule has 10 heteroatoms. The molecule has 1 aromatic carbocycles. The van der Waals surface area contributed by atoms with Crippen molar-refractivity contribution in [3.8, 4) is 33.6 Å². The molecule has 1 saturated carbocycles. The number of fused-ring (bicyclic) bond motifs is 2. The number of nitrogens with one attached hydrogen (secondary N) is 1. The van der Waals surface area contributed by atoms with Crippen molar-refractivity contribution < 1.29 is 9.50 Å². The molecule has 0 spiro atoms. The number of anilines is 1. The molecule has 2 N–H and O–H groups in total. The molecule has 3 aromatic rings.